The van der Waals surface area contributed by atoms with Gasteiger partial charge < -0.3 is 20.7 Å². The van der Waals surface area contributed by atoms with Crippen LogP contribution in [0.3, 0.4) is 0 Å². The molecule has 7 nitrogen and oxygen atoms in total. The number of rotatable bonds is 9. The van der Waals surface area contributed by atoms with E-state index in [9.17, 15) is 14.9 Å². The van der Waals surface area contributed by atoms with Crippen LogP contribution in [0.15, 0.2) is 131 Å². The number of halogens is 1. The molecule has 0 saturated carbocycles. The summed E-state index contributed by atoms with van der Waals surface area (Å²) in [4.78, 5) is 26.4. The van der Waals surface area contributed by atoms with E-state index >= 15 is 0 Å². The first-order chi connectivity index (χ1) is 20.9. The summed E-state index contributed by atoms with van der Waals surface area (Å²) in [6.07, 6.45) is 0. The Kier molecular flexibility index (Phi) is 9.47. The van der Waals surface area contributed by atoms with Gasteiger partial charge in [-0.05, 0) is 73.2 Å². The molecule has 0 radical (unpaired) electrons. The normalized spacial score (nSPS) is 14.4. The Labute approximate surface area is 259 Å². The molecular weight excluding hydrogens is 580 g/mol. The van der Waals surface area contributed by atoms with Crippen LogP contribution in [-0.4, -0.2) is 17.6 Å². The quantitative estimate of drug-likeness (QED) is 0.179. The predicted molar refractivity (Wildman–Crippen MR) is 172 cm³/mol. The SMILES string of the molecule is CC1=C(C(=O)Nc2ccc(Cl)cc2)C(c2ccccc2)C(C#N)=C(SCC(=O)Nc2ccc(Oc3ccccc3)cc2)N1. The number of allylic oxidation sites excluding steroid dienone is 2. The Morgan fingerprint density at radius 2 is 1.44 bits per heavy atom. The van der Waals surface area contributed by atoms with Gasteiger partial charge in [-0.25, -0.2) is 0 Å². The van der Waals surface area contributed by atoms with Gasteiger partial charge in [-0.15, -0.1) is 0 Å². The number of amides is 2. The van der Waals surface area contributed by atoms with Crippen molar-refractivity contribution in [1.29, 1.82) is 5.26 Å². The zero-order chi connectivity index (χ0) is 30.2. The number of para-hydroxylation sites is 1. The molecule has 5 rings (SSSR count). The third kappa shape index (κ3) is 7.46. The van der Waals surface area contributed by atoms with Gasteiger partial charge in [0.25, 0.3) is 5.91 Å². The molecule has 0 aromatic heterocycles. The molecule has 0 saturated heterocycles. The topological polar surface area (TPSA) is 103 Å². The third-order valence-corrected chi connectivity index (χ3v) is 7.86. The maximum atomic E-state index is 13.6. The maximum Gasteiger partial charge on any atom is 0.254 e. The molecule has 1 unspecified atom stereocenters. The molecule has 1 aliphatic rings. The molecule has 0 bridgehead atoms. The standard InChI is InChI=1S/C34H27ClN4O3S/c1-22-31(33(41)39-26-14-12-24(35)13-15-26)32(23-8-4-2-5-9-23)29(20-36)34(37-22)43-21-30(40)38-25-16-18-28(19-17-25)42-27-10-6-3-7-11-27/h2-19,32,37H,21H2,1H3,(H,38,40)(H,39,41). The number of anilines is 2. The number of nitrogens with one attached hydrogen (secondary N) is 3. The van der Waals surface area contributed by atoms with Crippen molar-refractivity contribution in [2.45, 2.75) is 12.8 Å². The number of nitrogens with zero attached hydrogens (tertiary/aromatic N) is 1. The molecule has 4 aromatic carbocycles. The summed E-state index contributed by atoms with van der Waals surface area (Å²) in [5, 5.41) is 20.4. The lowest BCUT2D eigenvalue weighted by Gasteiger charge is -2.30. The number of thioether (sulfide) groups is 1. The van der Waals surface area contributed by atoms with Crippen molar-refractivity contribution in [3.63, 3.8) is 0 Å². The number of dihydropyridines is 1. The van der Waals surface area contributed by atoms with Gasteiger partial charge in [0.2, 0.25) is 5.91 Å². The second kappa shape index (κ2) is 13.8. The highest BCUT2D eigenvalue weighted by molar-refractivity contribution is 8.03. The van der Waals surface area contributed by atoms with E-state index in [-0.39, 0.29) is 17.6 Å². The van der Waals surface area contributed by atoms with Gasteiger partial charge in [0, 0.05) is 27.7 Å². The minimum atomic E-state index is -0.623. The Bertz CT molecular complexity index is 1720. The maximum absolute atomic E-state index is 13.6. The van der Waals surface area contributed by atoms with Crippen molar-refractivity contribution in [3.05, 3.63) is 142 Å². The first-order valence-electron chi connectivity index (χ1n) is 13.4. The van der Waals surface area contributed by atoms with Crippen LogP contribution in [0.4, 0.5) is 11.4 Å². The van der Waals surface area contributed by atoms with E-state index in [0.29, 0.717) is 44.0 Å². The molecule has 4 aromatic rings. The number of ether oxygens (including phenoxy) is 1. The van der Waals surface area contributed by atoms with Gasteiger partial charge in [-0.2, -0.15) is 5.26 Å². The van der Waals surface area contributed by atoms with Gasteiger partial charge in [0.15, 0.2) is 0 Å². The first-order valence-corrected chi connectivity index (χ1v) is 14.8. The van der Waals surface area contributed by atoms with Crippen LogP contribution in [0, 0.1) is 11.3 Å². The predicted octanol–water partition coefficient (Wildman–Crippen LogP) is 7.84. The lowest BCUT2D eigenvalue weighted by Crippen LogP contribution is -2.31. The Morgan fingerprint density at radius 1 is 0.860 bits per heavy atom. The molecule has 0 aliphatic carbocycles. The van der Waals surface area contributed by atoms with E-state index in [1.807, 2.05) is 60.7 Å². The zero-order valence-electron chi connectivity index (χ0n) is 23.1. The summed E-state index contributed by atoms with van der Waals surface area (Å²) in [5.41, 5.74) is 3.37. The summed E-state index contributed by atoms with van der Waals surface area (Å²) in [7, 11) is 0. The van der Waals surface area contributed by atoms with Crippen molar-refractivity contribution >= 4 is 46.6 Å². The molecule has 214 valence electrons. The molecular formula is C34H27ClN4O3S. The molecule has 43 heavy (non-hydrogen) atoms. The second-order valence-corrected chi connectivity index (χ2v) is 11.0. The van der Waals surface area contributed by atoms with Crippen LogP contribution in [0.2, 0.25) is 5.02 Å². The van der Waals surface area contributed by atoms with E-state index in [4.69, 9.17) is 16.3 Å². The molecule has 2 amide bonds. The first kappa shape index (κ1) is 29.5. The number of carbonyl (C=O) groups excluding carboxylic acids is 2. The van der Waals surface area contributed by atoms with Crippen LogP contribution >= 0.6 is 23.4 Å². The lowest BCUT2D eigenvalue weighted by molar-refractivity contribution is -0.114. The van der Waals surface area contributed by atoms with Crippen LogP contribution in [0.25, 0.3) is 0 Å². The largest absolute Gasteiger partial charge is 0.457 e. The minimum Gasteiger partial charge on any atom is -0.457 e. The smallest absolute Gasteiger partial charge is 0.254 e. The van der Waals surface area contributed by atoms with E-state index < -0.39 is 5.92 Å². The molecule has 1 atom stereocenters. The summed E-state index contributed by atoms with van der Waals surface area (Å²) in [5.74, 6) is 0.229. The second-order valence-electron chi connectivity index (χ2n) is 9.60. The molecule has 0 fully saturated rings. The zero-order valence-corrected chi connectivity index (χ0v) is 24.7. The molecule has 3 N–H and O–H groups in total. The van der Waals surface area contributed by atoms with Gasteiger partial charge in [-0.1, -0.05) is 71.9 Å². The number of hydrogen-bond acceptors (Lipinski definition) is 6. The van der Waals surface area contributed by atoms with Gasteiger partial charge in [0.1, 0.15) is 11.5 Å². The van der Waals surface area contributed by atoms with E-state index in [1.54, 1.807) is 55.5 Å². The van der Waals surface area contributed by atoms with Gasteiger partial charge in [-0.3, -0.25) is 9.59 Å². The summed E-state index contributed by atoms with van der Waals surface area (Å²) in [6.45, 7) is 1.79. The average Bonchev–Trinajstić information content (AvgIpc) is 3.02. The van der Waals surface area contributed by atoms with Crippen LogP contribution in [0.1, 0.15) is 18.4 Å². The average molecular weight is 607 g/mol. The van der Waals surface area contributed by atoms with E-state index in [1.165, 1.54) is 11.8 Å². The van der Waals surface area contributed by atoms with Crippen molar-refractivity contribution in [1.82, 2.24) is 5.32 Å². The minimum absolute atomic E-state index is 0.0525. The summed E-state index contributed by atoms with van der Waals surface area (Å²) in [6, 6.07) is 35.0. The van der Waals surface area contributed by atoms with E-state index in [2.05, 4.69) is 22.0 Å². The highest BCUT2D eigenvalue weighted by atomic mass is 35.5. The number of hydrogen-bond donors (Lipinski definition) is 3. The highest BCUT2D eigenvalue weighted by Gasteiger charge is 2.34. The fourth-order valence-electron chi connectivity index (χ4n) is 4.60. The number of nitriles is 1. The van der Waals surface area contributed by atoms with Crippen molar-refractivity contribution in [2.24, 2.45) is 0 Å². The molecule has 1 heterocycles. The molecule has 1 aliphatic heterocycles. The Balaban J connectivity index is 1.30. The van der Waals surface area contributed by atoms with E-state index in [0.717, 1.165) is 11.3 Å². The lowest BCUT2D eigenvalue weighted by atomic mass is 9.82. The number of carbonyl (C=O) groups is 2. The van der Waals surface area contributed by atoms with Crippen molar-refractivity contribution < 1.29 is 14.3 Å². The monoisotopic (exact) mass is 606 g/mol. The van der Waals surface area contributed by atoms with Crippen molar-refractivity contribution in [3.8, 4) is 17.6 Å². The third-order valence-electron chi connectivity index (χ3n) is 6.59. The fraction of sp³-hybridized carbons (Fsp3) is 0.0882. The summed E-state index contributed by atoms with van der Waals surface area (Å²) < 4.78 is 5.81. The van der Waals surface area contributed by atoms with Gasteiger partial charge >= 0.3 is 0 Å². The fourth-order valence-corrected chi connectivity index (χ4v) is 5.62. The summed E-state index contributed by atoms with van der Waals surface area (Å²) >= 11 is 7.21. The molecule has 9 heteroatoms. The van der Waals surface area contributed by atoms with Gasteiger partial charge in [0.05, 0.1) is 28.3 Å². The van der Waals surface area contributed by atoms with Crippen LogP contribution < -0.4 is 20.7 Å². The molecule has 0 spiro atoms. The Morgan fingerprint density at radius 3 is 2.09 bits per heavy atom. The van der Waals surface area contributed by atoms with Crippen LogP contribution in [0.5, 0.6) is 11.5 Å². The Hall–Kier alpha value is -4.97. The highest BCUT2D eigenvalue weighted by Crippen LogP contribution is 2.41. The number of benzene rings is 4. The van der Waals surface area contributed by atoms with Crippen LogP contribution in [-0.2, 0) is 9.59 Å². The van der Waals surface area contributed by atoms with Crippen molar-refractivity contribution in [2.75, 3.05) is 16.4 Å².